The molecule has 0 aliphatic carbocycles. The van der Waals surface area contributed by atoms with E-state index in [1.165, 1.54) is 17.0 Å². The number of hydrogen-bond acceptors (Lipinski definition) is 3. The topological polar surface area (TPSA) is 12.0 Å². The van der Waals surface area contributed by atoms with Crippen LogP contribution in [0.3, 0.4) is 0 Å². The van der Waals surface area contributed by atoms with Crippen molar-refractivity contribution in [1.82, 2.24) is 5.32 Å². The molecule has 1 aromatic carbocycles. The summed E-state index contributed by atoms with van der Waals surface area (Å²) in [5.74, 6) is 0.743. The lowest BCUT2D eigenvalue weighted by Crippen LogP contribution is -2.22. The Morgan fingerprint density at radius 3 is 2.63 bits per heavy atom. The molecule has 0 spiro atoms. The minimum atomic E-state index is -0.186. The lowest BCUT2D eigenvalue weighted by Gasteiger charge is -2.16. The first kappa shape index (κ1) is 15.0. The van der Waals surface area contributed by atoms with E-state index < -0.39 is 0 Å². The van der Waals surface area contributed by atoms with Crippen LogP contribution in [0, 0.1) is 5.82 Å². The summed E-state index contributed by atoms with van der Waals surface area (Å²) in [4.78, 5) is 2.41. The Bertz CT molecular complexity index is 512. The van der Waals surface area contributed by atoms with Gasteiger partial charge in [0.1, 0.15) is 5.82 Å². The third kappa shape index (κ3) is 4.31. The van der Waals surface area contributed by atoms with Gasteiger partial charge in [-0.15, -0.1) is 23.1 Å². The number of nitrogens with one attached hydrogen (secondary N) is 1. The molecule has 19 heavy (non-hydrogen) atoms. The van der Waals surface area contributed by atoms with Gasteiger partial charge in [0.15, 0.2) is 0 Å². The Hall–Kier alpha value is -0.360. The summed E-state index contributed by atoms with van der Waals surface area (Å²) in [5.41, 5.74) is 0. The van der Waals surface area contributed by atoms with Gasteiger partial charge in [0.2, 0.25) is 0 Å². The van der Waals surface area contributed by atoms with Gasteiger partial charge < -0.3 is 5.32 Å². The van der Waals surface area contributed by atoms with Gasteiger partial charge in [0.05, 0.1) is 6.04 Å². The summed E-state index contributed by atoms with van der Waals surface area (Å²) in [7, 11) is 0. The number of rotatable bonds is 6. The average molecular weight is 360 g/mol. The highest BCUT2D eigenvalue weighted by Crippen LogP contribution is 2.32. The lowest BCUT2D eigenvalue weighted by atomic mass is 10.3. The van der Waals surface area contributed by atoms with Gasteiger partial charge >= 0.3 is 0 Å². The van der Waals surface area contributed by atoms with E-state index in [-0.39, 0.29) is 5.82 Å². The minimum absolute atomic E-state index is 0.186. The molecule has 0 radical (unpaired) electrons. The highest BCUT2D eigenvalue weighted by molar-refractivity contribution is 9.10. The Labute approximate surface area is 129 Å². The van der Waals surface area contributed by atoms with Crippen molar-refractivity contribution in [1.29, 1.82) is 0 Å². The Balaban J connectivity index is 2.01. The molecule has 1 heterocycles. The molecular formula is C14H15BrFNS2. The van der Waals surface area contributed by atoms with E-state index in [2.05, 4.69) is 39.6 Å². The van der Waals surface area contributed by atoms with Crippen molar-refractivity contribution in [2.24, 2.45) is 0 Å². The summed E-state index contributed by atoms with van der Waals surface area (Å²) >= 11 is 7.08. The van der Waals surface area contributed by atoms with Gasteiger partial charge in [0, 0.05) is 20.0 Å². The average Bonchev–Trinajstić information content (AvgIpc) is 2.83. The summed E-state index contributed by atoms with van der Waals surface area (Å²) in [5, 5.41) is 5.58. The van der Waals surface area contributed by atoms with Crippen LogP contribution in [-0.2, 0) is 0 Å². The maximum Gasteiger partial charge on any atom is 0.123 e. The van der Waals surface area contributed by atoms with E-state index in [4.69, 9.17) is 0 Å². The predicted octanol–water partition coefficient (Wildman–Crippen LogP) is 5.09. The third-order valence-electron chi connectivity index (χ3n) is 2.64. The van der Waals surface area contributed by atoms with Crippen LogP contribution < -0.4 is 5.32 Å². The maximum atomic E-state index is 12.9. The molecule has 0 aliphatic rings. The third-order valence-corrected chi connectivity index (χ3v) is 5.73. The second-order valence-electron chi connectivity index (χ2n) is 4.01. The van der Waals surface area contributed by atoms with Crippen LogP contribution in [0.15, 0.2) is 45.1 Å². The van der Waals surface area contributed by atoms with Crippen LogP contribution in [0.25, 0.3) is 0 Å². The fourth-order valence-electron chi connectivity index (χ4n) is 1.74. The van der Waals surface area contributed by atoms with Gasteiger partial charge in [-0.1, -0.05) is 6.92 Å². The van der Waals surface area contributed by atoms with Gasteiger partial charge in [-0.2, -0.15) is 0 Å². The van der Waals surface area contributed by atoms with Gasteiger partial charge in [-0.05, 0) is 58.2 Å². The van der Waals surface area contributed by atoms with Crippen LogP contribution in [0.5, 0.6) is 0 Å². The van der Waals surface area contributed by atoms with E-state index in [1.54, 1.807) is 23.1 Å². The molecule has 0 amide bonds. The molecule has 1 aromatic heterocycles. The van der Waals surface area contributed by atoms with E-state index in [0.717, 1.165) is 21.7 Å². The number of thioether (sulfide) groups is 1. The zero-order valence-corrected chi connectivity index (χ0v) is 13.7. The fraction of sp³-hybridized carbons (Fsp3) is 0.286. The molecule has 0 saturated heterocycles. The molecule has 1 N–H and O–H groups in total. The second kappa shape index (κ2) is 7.43. The maximum absolute atomic E-state index is 12.9. The molecule has 102 valence electrons. The van der Waals surface area contributed by atoms with E-state index in [0.29, 0.717) is 6.04 Å². The largest absolute Gasteiger partial charge is 0.309 e. The van der Waals surface area contributed by atoms with Crippen molar-refractivity contribution in [3.63, 3.8) is 0 Å². The summed E-state index contributed by atoms with van der Waals surface area (Å²) < 4.78 is 14.0. The van der Waals surface area contributed by atoms with Crippen molar-refractivity contribution in [2.75, 3.05) is 12.3 Å². The zero-order valence-electron chi connectivity index (χ0n) is 10.5. The van der Waals surface area contributed by atoms with Gasteiger partial charge in [0.25, 0.3) is 0 Å². The first-order valence-corrected chi connectivity index (χ1v) is 8.71. The highest BCUT2D eigenvalue weighted by Gasteiger charge is 2.15. The number of hydrogen-bond donors (Lipinski definition) is 1. The molecule has 0 bridgehead atoms. The van der Waals surface area contributed by atoms with Crippen LogP contribution >= 0.6 is 39.0 Å². The molecule has 5 heteroatoms. The molecule has 0 fully saturated rings. The molecule has 1 atom stereocenters. The van der Waals surface area contributed by atoms with E-state index in [1.807, 2.05) is 12.1 Å². The van der Waals surface area contributed by atoms with Crippen LogP contribution in [0.1, 0.15) is 17.8 Å². The van der Waals surface area contributed by atoms with Gasteiger partial charge in [-0.25, -0.2) is 4.39 Å². The van der Waals surface area contributed by atoms with Crippen molar-refractivity contribution in [2.45, 2.75) is 17.9 Å². The quantitative estimate of drug-likeness (QED) is 0.720. The Kier molecular flexibility index (Phi) is 5.88. The van der Waals surface area contributed by atoms with Crippen molar-refractivity contribution >= 4 is 39.0 Å². The summed E-state index contributed by atoms with van der Waals surface area (Å²) in [6, 6.07) is 9.05. The molecule has 1 unspecified atom stereocenters. The fourth-order valence-corrected chi connectivity index (χ4v) is 4.54. The molecule has 0 aliphatic heterocycles. The Morgan fingerprint density at radius 2 is 2.05 bits per heavy atom. The highest BCUT2D eigenvalue weighted by atomic mass is 79.9. The first-order chi connectivity index (χ1) is 9.20. The summed E-state index contributed by atoms with van der Waals surface area (Å²) in [6.07, 6.45) is 0. The van der Waals surface area contributed by atoms with E-state index in [9.17, 15) is 4.39 Å². The first-order valence-electron chi connectivity index (χ1n) is 6.05. The predicted molar refractivity (Wildman–Crippen MR) is 85.6 cm³/mol. The van der Waals surface area contributed by atoms with E-state index >= 15 is 0 Å². The van der Waals surface area contributed by atoms with Crippen LogP contribution in [-0.4, -0.2) is 12.3 Å². The van der Waals surface area contributed by atoms with Crippen molar-refractivity contribution < 1.29 is 4.39 Å². The second-order valence-corrected chi connectivity index (χ2v) is 6.90. The monoisotopic (exact) mass is 359 g/mol. The Morgan fingerprint density at radius 1 is 1.32 bits per heavy atom. The molecular weight excluding hydrogens is 345 g/mol. The molecule has 1 nitrogen and oxygen atoms in total. The smallest absolute Gasteiger partial charge is 0.123 e. The number of benzene rings is 1. The minimum Gasteiger partial charge on any atom is -0.309 e. The zero-order chi connectivity index (χ0) is 13.7. The van der Waals surface area contributed by atoms with Crippen LogP contribution in [0.4, 0.5) is 4.39 Å². The molecule has 2 rings (SSSR count). The van der Waals surface area contributed by atoms with Crippen molar-refractivity contribution in [3.8, 4) is 0 Å². The molecule has 0 saturated carbocycles. The SMILES string of the molecule is CCNC(CSc1ccc(F)cc1)c1sccc1Br. The number of thiophene rings is 1. The number of halogens is 2. The van der Waals surface area contributed by atoms with Gasteiger partial charge in [-0.3, -0.25) is 0 Å². The van der Waals surface area contributed by atoms with Crippen molar-refractivity contribution in [3.05, 3.63) is 50.9 Å². The summed E-state index contributed by atoms with van der Waals surface area (Å²) in [6.45, 7) is 3.04. The standard InChI is InChI=1S/C14H15BrFNS2/c1-2-17-13(14-12(15)7-8-18-14)9-19-11-5-3-10(16)4-6-11/h3-8,13,17H,2,9H2,1H3. The molecule has 2 aromatic rings. The van der Waals surface area contributed by atoms with Crippen LogP contribution in [0.2, 0.25) is 0 Å². The lowest BCUT2D eigenvalue weighted by molar-refractivity contribution is 0.613. The normalized spacial score (nSPS) is 12.6.